The minimum atomic E-state index is -0.336. The highest BCUT2D eigenvalue weighted by molar-refractivity contribution is 5.92. The van der Waals surface area contributed by atoms with Crippen LogP contribution in [0.25, 0.3) is 11.5 Å². The van der Waals surface area contributed by atoms with Crippen molar-refractivity contribution in [2.24, 2.45) is 0 Å². The average Bonchev–Trinajstić information content (AvgIpc) is 3.11. The third-order valence-corrected chi connectivity index (χ3v) is 3.65. The Labute approximate surface area is 156 Å². The topological polar surface area (TPSA) is 77.2 Å². The van der Waals surface area contributed by atoms with Gasteiger partial charge in [-0.3, -0.25) is 4.79 Å². The van der Waals surface area contributed by atoms with Crippen molar-refractivity contribution in [1.29, 1.82) is 0 Å². The van der Waals surface area contributed by atoms with Gasteiger partial charge in [0, 0.05) is 18.4 Å². The van der Waals surface area contributed by atoms with Crippen LogP contribution in [-0.2, 0) is 11.2 Å². The first kappa shape index (κ1) is 18.6. The normalized spacial score (nSPS) is 10.8. The number of halogens is 1. The van der Waals surface area contributed by atoms with E-state index in [1.54, 1.807) is 18.2 Å². The Morgan fingerprint density at radius 2 is 1.89 bits per heavy atom. The number of anilines is 1. The second kappa shape index (κ2) is 8.44. The van der Waals surface area contributed by atoms with Gasteiger partial charge in [-0.1, -0.05) is 12.1 Å². The van der Waals surface area contributed by atoms with Crippen LogP contribution < -0.4 is 10.1 Å². The van der Waals surface area contributed by atoms with E-state index in [9.17, 15) is 9.18 Å². The van der Waals surface area contributed by atoms with E-state index in [1.165, 1.54) is 12.1 Å². The summed E-state index contributed by atoms with van der Waals surface area (Å²) in [4.78, 5) is 12.2. The number of hydrogen-bond donors (Lipinski definition) is 1. The van der Waals surface area contributed by atoms with Gasteiger partial charge in [0.15, 0.2) is 0 Å². The summed E-state index contributed by atoms with van der Waals surface area (Å²) in [5.41, 5.74) is 1.24. The summed E-state index contributed by atoms with van der Waals surface area (Å²) < 4.78 is 24.2. The van der Waals surface area contributed by atoms with E-state index in [1.807, 2.05) is 32.0 Å². The van der Waals surface area contributed by atoms with Gasteiger partial charge >= 0.3 is 0 Å². The molecule has 0 fully saturated rings. The van der Waals surface area contributed by atoms with Crippen molar-refractivity contribution in [1.82, 2.24) is 10.2 Å². The zero-order valence-corrected chi connectivity index (χ0v) is 15.1. The van der Waals surface area contributed by atoms with Crippen LogP contribution in [0, 0.1) is 5.82 Å². The maximum absolute atomic E-state index is 13.0. The molecule has 0 atom stereocenters. The molecule has 7 heteroatoms. The molecule has 3 rings (SSSR count). The lowest BCUT2D eigenvalue weighted by Crippen LogP contribution is -2.14. The molecule has 140 valence electrons. The highest BCUT2D eigenvalue weighted by Crippen LogP contribution is 2.25. The van der Waals surface area contributed by atoms with Gasteiger partial charge in [-0.2, -0.15) is 0 Å². The molecule has 1 amide bonds. The summed E-state index contributed by atoms with van der Waals surface area (Å²) in [6.07, 6.45) is 0.486. The first-order chi connectivity index (χ1) is 13.0. The van der Waals surface area contributed by atoms with E-state index in [2.05, 4.69) is 15.5 Å². The molecule has 0 aliphatic heterocycles. The Hall–Kier alpha value is -3.22. The molecule has 0 spiro atoms. The number of aryl methyl sites for hydroxylation is 1. The smallest absolute Gasteiger partial charge is 0.247 e. The number of rotatable bonds is 7. The van der Waals surface area contributed by atoms with Crippen molar-refractivity contribution in [2.45, 2.75) is 32.8 Å². The van der Waals surface area contributed by atoms with Crippen molar-refractivity contribution in [2.75, 3.05) is 5.32 Å². The Balaban J connectivity index is 1.58. The Bertz CT molecular complexity index is 907. The van der Waals surface area contributed by atoms with Gasteiger partial charge in [0.25, 0.3) is 0 Å². The van der Waals surface area contributed by atoms with E-state index in [4.69, 9.17) is 9.15 Å². The van der Waals surface area contributed by atoms with E-state index < -0.39 is 0 Å². The fourth-order valence-electron chi connectivity index (χ4n) is 2.42. The van der Waals surface area contributed by atoms with Crippen LogP contribution in [0.3, 0.4) is 0 Å². The summed E-state index contributed by atoms with van der Waals surface area (Å²) in [5, 5.41) is 10.7. The Morgan fingerprint density at radius 3 is 2.63 bits per heavy atom. The number of ether oxygens (including phenoxy) is 1. The quantitative estimate of drug-likeness (QED) is 0.674. The van der Waals surface area contributed by atoms with E-state index in [0.717, 1.165) is 0 Å². The highest BCUT2D eigenvalue weighted by atomic mass is 19.1. The molecule has 27 heavy (non-hydrogen) atoms. The predicted molar refractivity (Wildman–Crippen MR) is 98.8 cm³/mol. The van der Waals surface area contributed by atoms with E-state index in [0.29, 0.717) is 35.2 Å². The molecular formula is C20H20FN3O3. The number of carbonyl (C=O) groups excluding carboxylic acids is 1. The molecule has 1 heterocycles. The molecule has 0 aliphatic carbocycles. The van der Waals surface area contributed by atoms with Crippen LogP contribution in [0.1, 0.15) is 26.2 Å². The first-order valence-corrected chi connectivity index (χ1v) is 8.65. The van der Waals surface area contributed by atoms with Gasteiger partial charge in [-0.25, -0.2) is 4.39 Å². The lowest BCUT2D eigenvalue weighted by Gasteiger charge is -2.14. The predicted octanol–water partition coefficient (Wildman–Crippen LogP) is 4.23. The van der Waals surface area contributed by atoms with Crippen molar-refractivity contribution < 1.29 is 18.3 Å². The SMILES string of the molecule is CC(C)Oc1ccccc1NC(=O)CCc1nnc(-c2ccc(F)cc2)o1. The second-order valence-corrected chi connectivity index (χ2v) is 6.22. The Morgan fingerprint density at radius 1 is 1.15 bits per heavy atom. The van der Waals surface area contributed by atoms with Crippen molar-refractivity contribution in [3.63, 3.8) is 0 Å². The molecule has 6 nitrogen and oxygen atoms in total. The number of nitrogens with one attached hydrogen (secondary N) is 1. The van der Waals surface area contributed by atoms with E-state index in [-0.39, 0.29) is 24.2 Å². The molecule has 0 saturated heterocycles. The molecule has 0 unspecified atom stereocenters. The zero-order chi connectivity index (χ0) is 19.2. The molecule has 0 aliphatic rings. The van der Waals surface area contributed by atoms with Gasteiger partial charge in [0.1, 0.15) is 11.6 Å². The second-order valence-electron chi connectivity index (χ2n) is 6.22. The van der Waals surface area contributed by atoms with Gasteiger partial charge in [-0.05, 0) is 50.2 Å². The van der Waals surface area contributed by atoms with Crippen LogP contribution in [0.4, 0.5) is 10.1 Å². The van der Waals surface area contributed by atoms with Gasteiger partial charge in [0.2, 0.25) is 17.7 Å². The molecule has 3 aromatic rings. The standard InChI is InChI=1S/C20H20FN3O3/c1-13(2)26-17-6-4-3-5-16(17)22-18(25)11-12-19-23-24-20(27-19)14-7-9-15(21)10-8-14/h3-10,13H,11-12H2,1-2H3,(H,22,25). The summed E-state index contributed by atoms with van der Waals surface area (Å²) in [5.74, 6) is 0.739. The third kappa shape index (κ3) is 5.13. The number of para-hydroxylation sites is 2. The van der Waals surface area contributed by atoms with Crippen molar-refractivity contribution in [3.8, 4) is 17.2 Å². The first-order valence-electron chi connectivity index (χ1n) is 8.65. The molecule has 0 bridgehead atoms. The number of amides is 1. The molecule has 0 radical (unpaired) electrons. The molecule has 1 N–H and O–H groups in total. The lowest BCUT2D eigenvalue weighted by atomic mass is 10.2. The van der Waals surface area contributed by atoms with Crippen LogP contribution in [0.2, 0.25) is 0 Å². The highest BCUT2D eigenvalue weighted by Gasteiger charge is 2.12. The summed E-state index contributed by atoms with van der Waals surface area (Å²) >= 11 is 0. The fourth-order valence-corrected chi connectivity index (χ4v) is 2.42. The van der Waals surface area contributed by atoms with Gasteiger partial charge in [-0.15, -0.1) is 10.2 Å². The maximum atomic E-state index is 13.0. The number of nitrogens with zero attached hydrogens (tertiary/aromatic N) is 2. The molecule has 2 aromatic carbocycles. The number of aromatic nitrogens is 2. The van der Waals surface area contributed by atoms with Crippen LogP contribution >= 0.6 is 0 Å². The number of carbonyl (C=O) groups is 1. The Kier molecular flexibility index (Phi) is 5.80. The lowest BCUT2D eigenvalue weighted by molar-refractivity contribution is -0.116. The molecular weight excluding hydrogens is 349 g/mol. The fraction of sp³-hybridized carbons (Fsp3) is 0.250. The minimum absolute atomic E-state index is 0.00586. The third-order valence-electron chi connectivity index (χ3n) is 3.65. The van der Waals surface area contributed by atoms with E-state index >= 15 is 0 Å². The molecule has 1 aromatic heterocycles. The van der Waals surface area contributed by atoms with Crippen LogP contribution in [0.15, 0.2) is 52.9 Å². The number of benzene rings is 2. The van der Waals surface area contributed by atoms with Crippen LogP contribution in [0.5, 0.6) is 5.75 Å². The molecule has 0 saturated carbocycles. The number of hydrogen-bond acceptors (Lipinski definition) is 5. The van der Waals surface area contributed by atoms with Crippen molar-refractivity contribution >= 4 is 11.6 Å². The van der Waals surface area contributed by atoms with Gasteiger partial charge < -0.3 is 14.5 Å². The maximum Gasteiger partial charge on any atom is 0.247 e. The largest absolute Gasteiger partial charge is 0.489 e. The average molecular weight is 369 g/mol. The zero-order valence-electron chi connectivity index (χ0n) is 15.1. The summed E-state index contributed by atoms with van der Waals surface area (Å²) in [6, 6.07) is 13.0. The summed E-state index contributed by atoms with van der Waals surface area (Å²) in [7, 11) is 0. The summed E-state index contributed by atoms with van der Waals surface area (Å²) in [6.45, 7) is 3.85. The van der Waals surface area contributed by atoms with Gasteiger partial charge in [0.05, 0.1) is 11.8 Å². The van der Waals surface area contributed by atoms with Crippen LogP contribution in [-0.4, -0.2) is 22.2 Å². The van der Waals surface area contributed by atoms with Crippen molar-refractivity contribution in [3.05, 3.63) is 60.2 Å². The monoisotopic (exact) mass is 369 g/mol. The minimum Gasteiger partial charge on any atom is -0.489 e.